The summed E-state index contributed by atoms with van der Waals surface area (Å²) < 4.78 is 11.2. The molecule has 0 radical (unpaired) electrons. The maximum atomic E-state index is 10.3. The molecule has 1 aromatic carbocycles. The second kappa shape index (κ2) is 16.6. The Kier molecular flexibility index (Phi) is 15.3. The van der Waals surface area contributed by atoms with Crippen molar-refractivity contribution < 1.29 is 14.6 Å². The van der Waals surface area contributed by atoms with E-state index in [-0.39, 0.29) is 3.92 Å². The predicted molar refractivity (Wildman–Crippen MR) is 126 cm³/mol. The van der Waals surface area contributed by atoms with E-state index < -0.39 is 6.23 Å². The third-order valence-corrected chi connectivity index (χ3v) is 5.98. The van der Waals surface area contributed by atoms with Gasteiger partial charge in [-0.05, 0) is 29.9 Å². The largest absolute Gasteiger partial charge is 0.379 e. The highest BCUT2D eigenvalue weighted by Crippen LogP contribution is 2.26. The molecule has 2 unspecified atom stereocenters. The van der Waals surface area contributed by atoms with Crippen molar-refractivity contribution in [3.8, 4) is 0 Å². The van der Waals surface area contributed by atoms with E-state index >= 15 is 0 Å². The van der Waals surface area contributed by atoms with Crippen molar-refractivity contribution in [2.45, 2.75) is 69.4 Å². The van der Waals surface area contributed by atoms with E-state index in [1.807, 2.05) is 0 Å². The quantitative estimate of drug-likeness (QED) is 0.131. The van der Waals surface area contributed by atoms with Crippen LogP contribution in [0.3, 0.4) is 0 Å². The van der Waals surface area contributed by atoms with Crippen LogP contribution in [-0.2, 0) is 15.9 Å². The fourth-order valence-electron chi connectivity index (χ4n) is 3.00. The zero-order chi connectivity index (χ0) is 20.6. The summed E-state index contributed by atoms with van der Waals surface area (Å²) in [6.45, 7) is 9.98. The SMILES string of the molecule is CCCCCCCOCCOCCNC(O)C(I)c1ccc(CC(C)C)cc1. The molecular formula is C23H40INO3. The van der Waals surface area contributed by atoms with Crippen molar-refractivity contribution in [3.05, 3.63) is 35.4 Å². The van der Waals surface area contributed by atoms with Crippen molar-refractivity contribution in [3.63, 3.8) is 0 Å². The van der Waals surface area contributed by atoms with Crippen LogP contribution in [0.15, 0.2) is 24.3 Å². The van der Waals surface area contributed by atoms with Crippen LogP contribution in [0.4, 0.5) is 0 Å². The average Bonchev–Trinajstić information content (AvgIpc) is 2.68. The molecule has 1 aromatic rings. The number of ether oxygens (including phenoxy) is 2. The van der Waals surface area contributed by atoms with Gasteiger partial charge in [0.05, 0.1) is 23.7 Å². The van der Waals surface area contributed by atoms with E-state index in [2.05, 4.69) is 72.9 Å². The van der Waals surface area contributed by atoms with Crippen molar-refractivity contribution in [1.82, 2.24) is 5.32 Å². The van der Waals surface area contributed by atoms with Crippen LogP contribution in [0.2, 0.25) is 0 Å². The molecule has 1 rings (SSSR count). The van der Waals surface area contributed by atoms with Gasteiger partial charge in [-0.3, -0.25) is 5.32 Å². The van der Waals surface area contributed by atoms with Crippen LogP contribution in [0.1, 0.15) is 67.9 Å². The molecule has 2 N–H and O–H groups in total. The Labute approximate surface area is 185 Å². The molecule has 0 saturated heterocycles. The molecule has 0 saturated carbocycles. The van der Waals surface area contributed by atoms with Gasteiger partial charge in [0.1, 0.15) is 6.23 Å². The average molecular weight is 505 g/mol. The molecule has 0 spiro atoms. The molecule has 0 aromatic heterocycles. The molecule has 162 valence electrons. The number of rotatable bonds is 17. The van der Waals surface area contributed by atoms with Crippen molar-refractivity contribution in [2.24, 2.45) is 5.92 Å². The zero-order valence-electron chi connectivity index (χ0n) is 18.0. The lowest BCUT2D eigenvalue weighted by Crippen LogP contribution is -2.35. The Morgan fingerprint density at radius 3 is 2.21 bits per heavy atom. The molecule has 0 amide bonds. The Bertz CT molecular complexity index is 481. The first kappa shape index (κ1) is 25.8. The standard InChI is InChI=1S/C23H40INO3/c1-4-5-6-7-8-14-27-16-17-28-15-13-25-23(26)22(24)21-11-9-20(10-12-21)18-19(2)3/h9-12,19,22-23,25-26H,4-8,13-18H2,1-3H3. The van der Waals surface area contributed by atoms with Gasteiger partial charge in [-0.15, -0.1) is 0 Å². The van der Waals surface area contributed by atoms with E-state index in [1.54, 1.807) is 0 Å². The monoisotopic (exact) mass is 505 g/mol. The number of aliphatic hydroxyl groups excluding tert-OH is 1. The summed E-state index contributed by atoms with van der Waals surface area (Å²) in [5, 5.41) is 13.5. The van der Waals surface area contributed by atoms with Crippen molar-refractivity contribution >= 4 is 22.6 Å². The summed E-state index contributed by atoms with van der Waals surface area (Å²) >= 11 is 2.29. The number of halogens is 1. The van der Waals surface area contributed by atoms with E-state index in [0.29, 0.717) is 32.3 Å². The van der Waals surface area contributed by atoms with E-state index in [0.717, 1.165) is 25.0 Å². The summed E-state index contributed by atoms with van der Waals surface area (Å²) in [5.41, 5.74) is 2.49. The molecule has 4 nitrogen and oxygen atoms in total. The van der Waals surface area contributed by atoms with Crippen LogP contribution < -0.4 is 5.32 Å². The summed E-state index contributed by atoms with van der Waals surface area (Å²) in [7, 11) is 0. The highest BCUT2D eigenvalue weighted by Gasteiger charge is 2.17. The molecular weight excluding hydrogens is 465 g/mol. The first-order chi connectivity index (χ1) is 13.5. The van der Waals surface area contributed by atoms with Gasteiger partial charge in [-0.25, -0.2) is 0 Å². The summed E-state index contributed by atoms with van der Waals surface area (Å²) in [6.07, 6.45) is 6.82. The van der Waals surface area contributed by atoms with Crippen molar-refractivity contribution in [1.29, 1.82) is 0 Å². The highest BCUT2D eigenvalue weighted by atomic mass is 127. The molecule has 0 bridgehead atoms. The Morgan fingerprint density at radius 2 is 1.57 bits per heavy atom. The number of alkyl halides is 1. The van der Waals surface area contributed by atoms with Gasteiger partial charge in [0, 0.05) is 13.2 Å². The normalized spacial score (nSPS) is 13.8. The van der Waals surface area contributed by atoms with Crippen LogP contribution in [0.25, 0.3) is 0 Å². The van der Waals surface area contributed by atoms with E-state index in [9.17, 15) is 5.11 Å². The minimum Gasteiger partial charge on any atom is -0.379 e. The third-order valence-electron chi connectivity index (χ3n) is 4.58. The Hall–Kier alpha value is -0.210. The maximum absolute atomic E-state index is 10.3. The van der Waals surface area contributed by atoms with Gasteiger partial charge in [0.2, 0.25) is 0 Å². The lowest BCUT2D eigenvalue weighted by Gasteiger charge is -2.19. The van der Waals surface area contributed by atoms with Gasteiger partial charge in [0.15, 0.2) is 0 Å². The van der Waals surface area contributed by atoms with Crippen LogP contribution in [0, 0.1) is 5.92 Å². The molecule has 0 aliphatic heterocycles. The molecule has 5 heteroatoms. The second-order valence-electron chi connectivity index (χ2n) is 7.78. The first-order valence-corrected chi connectivity index (χ1v) is 12.1. The predicted octanol–water partition coefficient (Wildman–Crippen LogP) is 5.27. The van der Waals surface area contributed by atoms with Crippen LogP contribution in [-0.4, -0.2) is 44.3 Å². The van der Waals surface area contributed by atoms with Crippen molar-refractivity contribution in [2.75, 3.05) is 33.0 Å². The number of benzene rings is 1. The molecule has 0 heterocycles. The van der Waals surface area contributed by atoms with E-state index in [4.69, 9.17) is 9.47 Å². The summed E-state index contributed by atoms with van der Waals surface area (Å²) in [4.78, 5) is 0. The van der Waals surface area contributed by atoms with Crippen LogP contribution in [0.5, 0.6) is 0 Å². The summed E-state index contributed by atoms with van der Waals surface area (Å²) in [6, 6.07) is 8.58. The van der Waals surface area contributed by atoms with Gasteiger partial charge in [-0.1, -0.05) is 93.3 Å². The topological polar surface area (TPSA) is 50.7 Å². The fourth-order valence-corrected chi connectivity index (χ4v) is 3.67. The maximum Gasteiger partial charge on any atom is 0.121 e. The molecule has 0 aliphatic carbocycles. The zero-order valence-corrected chi connectivity index (χ0v) is 20.1. The van der Waals surface area contributed by atoms with Crippen LogP contribution >= 0.6 is 22.6 Å². The molecule has 2 atom stereocenters. The number of hydrogen-bond donors (Lipinski definition) is 2. The number of hydrogen-bond acceptors (Lipinski definition) is 4. The second-order valence-corrected chi connectivity index (χ2v) is 9.12. The minimum atomic E-state index is -0.584. The molecule has 0 fully saturated rings. The third kappa shape index (κ3) is 12.4. The first-order valence-electron chi connectivity index (χ1n) is 10.8. The van der Waals surface area contributed by atoms with E-state index in [1.165, 1.54) is 31.2 Å². The van der Waals surface area contributed by atoms with Gasteiger partial charge < -0.3 is 14.6 Å². The smallest absolute Gasteiger partial charge is 0.121 e. The summed E-state index contributed by atoms with van der Waals surface area (Å²) in [5.74, 6) is 0.657. The Morgan fingerprint density at radius 1 is 0.929 bits per heavy atom. The number of aliphatic hydroxyl groups is 1. The minimum absolute atomic E-state index is 0.0155. The lowest BCUT2D eigenvalue weighted by molar-refractivity contribution is 0.0417. The van der Waals surface area contributed by atoms with Gasteiger partial charge in [0.25, 0.3) is 0 Å². The fraction of sp³-hybridized carbons (Fsp3) is 0.739. The number of unbranched alkanes of at least 4 members (excludes halogenated alkanes) is 4. The van der Waals surface area contributed by atoms with Gasteiger partial charge >= 0.3 is 0 Å². The Balaban J connectivity index is 2.06. The van der Waals surface area contributed by atoms with Gasteiger partial charge in [-0.2, -0.15) is 0 Å². The highest BCUT2D eigenvalue weighted by molar-refractivity contribution is 14.1. The lowest BCUT2D eigenvalue weighted by atomic mass is 10.0. The molecule has 0 aliphatic rings. The number of nitrogens with one attached hydrogen (secondary N) is 1. The molecule has 28 heavy (non-hydrogen) atoms.